The van der Waals surface area contributed by atoms with Crippen LogP contribution in [0.15, 0.2) is 59.3 Å². The van der Waals surface area contributed by atoms with Crippen LogP contribution in [-0.4, -0.2) is 15.9 Å². The number of hydrogen-bond acceptors (Lipinski definition) is 6. The van der Waals surface area contributed by atoms with Crippen LogP contribution in [0.2, 0.25) is 5.02 Å². The van der Waals surface area contributed by atoms with Gasteiger partial charge in [-0.05, 0) is 36.4 Å². The van der Waals surface area contributed by atoms with Crippen molar-refractivity contribution >= 4 is 56.4 Å². The SMILES string of the molecule is Nc1c(NNC(=O)c2ccccc2Cl)ncnc1Nc1ccc(Br)cc1. The second-order valence-electron chi connectivity index (χ2n) is 5.18. The Morgan fingerprint density at radius 1 is 1.04 bits per heavy atom. The van der Waals surface area contributed by atoms with E-state index < -0.39 is 5.91 Å². The van der Waals surface area contributed by atoms with Gasteiger partial charge in [0.15, 0.2) is 11.6 Å². The molecule has 0 aliphatic carbocycles. The van der Waals surface area contributed by atoms with Gasteiger partial charge in [0.25, 0.3) is 5.91 Å². The molecule has 0 aliphatic rings. The lowest BCUT2D eigenvalue weighted by molar-refractivity contribution is 0.0962. The molecule has 1 aromatic heterocycles. The van der Waals surface area contributed by atoms with Gasteiger partial charge < -0.3 is 11.1 Å². The van der Waals surface area contributed by atoms with Crippen LogP contribution >= 0.6 is 27.5 Å². The van der Waals surface area contributed by atoms with Crippen LogP contribution in [0.1, 0.15) is 10.4 Å². The largest absolute Gasteiger partial charge is 0.393 e. The Kier molecular flexibility index (Phi) is 5.55. The van der Waals surface area contributed by atoms with Crippen LogP contribution in [0, 0.1) is 0 Å². The molecule has 0 atom stereocenters. The summed E-state index contributed by atoms with van der Waals surface area (Å²) in [5.41, 5.74) is 12.7. The third-order valence-electron chi connectivity index (χ3n) is 3.40. The molecule has 7 nitrogen and oxygen atoms in total. The zero-order valence-corrected chi connectivity index (χ0v) is 15.7. The molecule has 5 N–H and O–H groups in total. The summed E-state index contributed by atoms with van der Waals surface area (Å²) in [6.07, 6.45) is 1.33. The third-order valence-corrected chi connectivity index (χ3v) is 4.26. The van der Waals surface area contributed by atoms with Gasteiger partial charge in [0.2, 0.25) is 0 Å². The fraction of sp³-hybridized carbons (Fsp3) is 0. The molecule has 0 unspecified atom stereocenters. The number of anilines is 4. The van der Waals surface area contributed by atoms with E-state index in [9.17, 15) is 4.79 Å². The first-order valence-electron chi connectivity index (χ1n) is 7.48. The number of carbonyl (C=O) groups excluding carboxylic acids is 1. The summed E-state index contributed by atoms with van der Waals surface area (Å²) in [5, 5.41) is 3.44. The first-order valence-corrected chi connectivity index (χ1v) is 8.65. The first kappa shape index (κ1) is 18.0. The predicted molar refractivity (Wildman–Crippen MR) is 106 cm³/mol. The maximum atomic E-state index is 12.2. The minimum Gasteiger partial charge on any atom is -0.393 e. The van der Waals surface area contributed by atoms with Crippen LogP contribution in [0.3, 0.4) is 0 Å². The average molecular weight is 434 g/mol. The highest BCUT2D eigenvalue weighted by Crippen LogP contribution is 2.26. The van der Waals surface area contributed by atoms with Gasteiger partial charge in [0.1, 0.15) is 12.0 Å². The molecule has 0 fully saturated rings. The number of halogens is 2. The average Bonchev–Trinajstić information content (AvgIpc) is 2.64. The Morgan fingerprint density at radius 2 is 1.73 bits per heavy atom. The van der Waals surface area contributed by atoms with Crippen molar-refractivity contribution < 1.29 is 4.79 Å². The highest BCUT2D eigenvalue weighted by molar-refractivity contribution is 9.10. The van der Waals surface area contributed by atoms with Gasteiger partial charge in [-0.1, -0.05) is 39.7 Å². The lowest BCUT2D eigenvalue weighted by Gasteiger charge is -2.13. The van der Waals surface area contributed by atoms with E-state index in [2.05, 4.69) is 42.1 Å². The van der Waals surface area contributed by atoms with Crippen LogP contribution in [0.5, 0.6) is 0 Å². The van der Waals surface area contributed by atoms with Crippen molar-refractivity contribution in [1.29, 1.82) is 0 Å². The van der Waals surface area contributed by atoms with E-state index in [0.29, 0.717) is 16.4 Å². The molecule has 132 valence electrons. The molecular formula is C17H14BrClN6O. The number of nitrogens with one attached hydrogen (secondary N) is 3. The molecule has 0 saturated carbocycles. The van der Waals surface area contributed by atoms with Crippen molar-refractivity contribution in [2.24, 2.45) is 0 Å². The van der Waals surface area contributed by atoms with E-state index in [4.69, 9.17) is 17.3 Å². The number of hydrogen-bond donors (Lipinski definition) is 4. The third kappa shape index (κ3) is 4.22. The summed E-state index contributed by atoms with van der Waals surface area (Å²) in [7, 11) is 0. The zero-order valence-electron chi connectivity index (χ0n) is 13.3. The summed E-state index contributed by atoms with van der Waals surface area (Å²) < 4.78 is 0.961. The molecule has 3 aromatic rings. The van der Waals surface area contributed by atoms with Gasteiger partial charge in [-0.2, -0.15) is 0 Å². The molecule has 0 bridgehead atoms. The number of amides is 1. The van der Waals surface area contributed by atoms with E-state index in [-0.39, 0.29) is 11.5 Å². The predicted octanol–water partition coefficient (Wildman–Crippen LogP) is 3.98. The van der Waals surface area contributed by atoms with Crippen LogP contribution in [0.4, 0.5) is 23.0 Å². The van der Waals surface area contributed by atoms with Crippen LogP contribution in [-0.2, 0) is 0 Å². The number of benzene rings is 2. The van der Waals surface area contributed by atoms with Crippen LogP contribution in [0.25, 0.3) is 0 Å². The highest BCUT2D eigenvalue weighted by Gasteiger charge is 2.12. The molecule has 9 heteroatoms. The fourth-order valence-corrected chi connectivity index (χ4v) is 2.58. The lowest BCUT2D eigenvalue weighted by atomic mass is 10.2. The van der Waals surface area contributed by atoms with Gasteiger partial charge in [-0.25, -0.2) is 9.97 Å². The maximum Gasteiger partial charge on any atom is 0.271 e. The molecule has 0 saturated heterocycles. The first-order chi connectivity index (χ1) is 12.5. The molecule has 2 aromatic carbocycles. The summed E-state index contributed by atoms with van der Waals surface area (Å²) >= 11 is 9.38. The Labute approximate surface area is 163 Å². The quantitative estimate of drug-likeness (QED) is 0.454. The number of rotatable bonds is 5. The maximum absolute atomic E-state index is 12.2. The molecule has 0 radical (unpaired) electrons. The Morgan fingerprint density at radius 3 is 2.46 bits per heavy atom. The van der Waals surface area contributed by atoms with E-state index in [0.717, 1.165) is 10.2 Å². The molecule has 3 rings (SSSR count). The summed E-state index contributed by atoms with van der Waals surface area (Å²) in [4.78, 5) is 20.4. The number of nitrogens with zero attached hydrogens (tertiary/aromatic N) is 2. The van der Waals surface area contributed by atoms with Gasteiger partial charge in [0, 0.05) is 10.2 Å². The van der Waals surface area contributed by atoms with Gasteiger partial charge in [-0.3, -0.25) is 15.6 Å². The number of hydrazine groups is 1. The monoisotopic (exact) mass is 432 g/mol. The van der Waals surface area contributed by atoms with Crippen LogP contribution < -0.4 is 21.9 Å². The van der Waals surface area contributed by atoms with E-state index >= 15 is 0 Å². The normalized spacial score (nSPS) is 10.2. The lowest BCUT2D eigenvalue weighted by Crippen LogP contribution is -2.30. The number of aromatic nitrogens is 2. The Bertz CT molecular complexity index is 935. The summed E-state index contributed by atoms with van der Waals surface area (Å²) in [6.45, 7) is 0. The minimum atomic E-state index is -0.406. The highest BCUT2D eigenvalue weighted by atomic mass is 79.9. The standard InChI is InChI=1S/C17H14BrClN6O/c18-10-5-7-11(8-6-10)23-15-14(20)16(22-9-21-15)24-25-17(26)12-3-1-2-4-13(12)19/h1-9H,20H2,(H,25,26)(H2,21,22,23,24). The summed E-state index contributed by atoms with van der Waals surface area (Å²) in [6, 6.07) is 14.2. The van der Waals surface area contributed by atoms with Crippen molar-refractivity contribution in [3.8, 4) is 0 Å². The summed E-state index contributed by atoms with van der Waals surface area (Å²) in [5.74, 6) is 0.271. The van der Waals surface area contributed by atoms with E-state index in [1.807, 2.05) is 24.3 Å². The minimum absolute atomic E-state index is 0.259. The number of nitrogens with two attached hydrogens (primary N) is 1. The molecule has 0 aliphatic heterocycles. The topological polar surface area (TPSA) is 105 Å². The van der Waals surface area contributed by atoms with Gasteiger partial charge >= 0.3 is 0 Å². The van der Waals surface area contributed by atoms with E-state index in [1.165, 1.54) is 6.33 Å². The number of carbonyl (C=O) groups is 1. The van der Waals surface area contributed by atoms with Crippen molar-refractivity contribution in [1.82, 2.24) is 15.4 Å². The van der Waals surface area contributed by atoms with E-state index in [1.54, 1.807) is 24.3 Å². The smallest absolute Gasteiger partial charge is 0.271 e. The van der Waals surface area contributed by atoms with Gasteiger partial charge in [-0.15, -0.1) is 0 Å². The zero-order chi connectivity index (χ0) is 18.5. The van der Waals surface area contributed by atoms with Crippen molar-refractivity contribution in [3.63, 3.8) is 0 Å². The fourth-order valence-electron chi connectivity index (χ4n) is 2.09. The van der Waals surface area contributed by atoms with Crippen molar-refractivity contribution in [2.75, 3.05) is 16.5 Å². The van der Waals surface area contributed by atoms with Gasteiger partial charge in [0.05, 0.1) is 10.6 Å². The second kappa shape index (κ2) is 8.03. The second-order valence-corrected chi connectivity index (χ2v) is 6.50. The van der Waals surface area contributed by atoms with Crippen molar-refractivity contribution in [3.05, 3.63) is 69.9 Å². The van der Waals surface area contributed by atoms with Crippen molar-refractivity contribution in [2.45, 2.75) is 0 Å². The Hall–Kier alpha value is -2.84. The Balaban J connectivity index is 1.72. The molecule has 1 heterocycles. The molecular weight excluding hydrogens is 420 g/mol. The molecule has 1 amide bonds. The molecule has 0 spiro atoms. The molecule has 26 heavy (non-hydrogen) atoms. The number of nitrogen functional groups attached to an aromatic ring is 1.